The van der Waals surface area contributed by atoms with Gasteiger partial charge in [0.25, 0.3) is 0 Å². The van der Waals surface area contributed by atoms with Crippen LogP contribution in [0.25, 0.3) is 0 Å². The Labute approximate surface area is 104 Å². The summed E-state index contributed by atoms with van der Waals surface area (Å²) < 4.78 is 10.9. The van der Waals surface area contributed by atoms with Crippen LogP contribution in [-0.4, -0.2) is 17.6 Å². The Morgan fingerprint density at radius 1 is 1.41 bits per heavy atom. The van der Waals surface area contributed by atoms with Crippen LogP contribution in [0.15, 0.2) is 10.7 Å². The molecule has 0 fully saturated rings. The second-order valence-corrected chi connectivity index (χ2v) is 4.84. The molecule has 0 aliphatic heterocycles. The van der Waals surface area contributed by atoms with E-state index in [0.717, 1.165) is 31.6 Å². The molecule has 0 saturated carbocycles. The van der Waals surface area contributed by atoms with Crippen molar-refractivity contribution >= 4 is 0 Å². The zero-order valence-corrected chi connectivity index (χ0v) is 11.3. The standard InChI is InChI=1S/C13H24N2O2/c1-5-6-14-8-12-9-16-13(15-12)17-11(4)7-10(2)3/h9-11,14H,5-8H2,1-4H3. The quantitative estimate of drug-likeness (QED) is 0.710. The maximum Gasteiger partial charge on any atom is 0.393 e. The van der Waals surface area contributed by atoms with Gasteiger partial charge in [0.05, 0.1) is 5.69 Å². The lowest BCUT2D eigenvalue weighted by atomic mass is 10.1. The number of nitrogens with zero attached hydrogens (tertiary/aromatic N) is 1. The second kappa shape index (κ2) is 7.33. The second-order valence-electron chi connectivity index (χ2n) is 4.84. The van der Waals surface area contributed by atoms with E-state index in [1.165, 1.54) is 0 Å². The van der Waals surface area contributed by atoms with Crippen molar-refractivity contribution in [1.29, 1.82) is 0 Å². The number of hydrogen-bond donors (Lipinski definition) is 1. The van der Waals surface area contributed by atoms with Crippen LogP contribution in [0.2, 0.25) is 0 Å². The first kappa shape index (κ1) is 14.0. The highest BCUT2D eigenvalue weighted by atomic mass is 16.6. The van der Waals surface area contributed by atoms with Crippen LogP contribution in [0.4, 0.5) is 0 Å². The molecule has 4 heteroatoms. The van der Waals surface area contributed by atoms with Crippen molar-refractivity contribution < 1.29 is 9.15 Å². The van der Waals surface area contributed by atoms with Crippen LogP contribution in [-0.2, 0) is 6.54 Å². The monoisotopic (exact) mass is 240 g/mol. The van der Waals surface area contributed by atoms with Crippen molar-refractivity contribution in [3.63, 3.8) is 0 Å². The molecule has 1 aromatic heterocycles. The minimum Gasteiger partial charge on any atom is -0.447 e. The molecule has 1 unspecified atom stereocenters. The third-order valence-corrected chi connectivity index (χ3v) is 2.37. The Balaban J connectivity index is 2.34. The maximum absolute atomic E-state index is 5.61. The zero-order valence-electron chi connectivity index (χ0n) is 11.3. The van der Waals surface area contributed by atoms with Crippen LogP contribution >= 0.6 is 0 Å². The summed E-state index contributed by atoms with van der Waals surface area (Å²) in [6.07, 6.45) is 4.30. The fourth-order valence-electron chi connectivity index (χ4n) is 1.70. The summed E-state index contributed by atoms with van der Waals surface area (Å²) in [4.78, 5) is 4.28. The highest BCUT2D eigenvalue weighted by Crippen LogP contribution is 2.15. The first-order valence-corrected chi connectivity index (χ1v) is 6.43. The van der Waals surface area contributed by atoms with Gasteiger partial charge in [0.15, 0.2) is 0 Å². The molecule has 1 rings (SSSR count). The summed E-state index contributed by atoms with van der Waals surface area (Å²) in [5.41, 5.74) is 0.894. The molecule has 0 radical (unpaired) electrons. The molecule has 0 aliphatic rings. The Hall–Kier alpha value is -1.03. The van der Waals surface area contributed by atoms with Gasteiger partial charge in [-0.1, -0.05) is 20.8 Å². The van der Waals surface area contributed by atoms with E-state index in [9.17, 15) is 0 Å². The van der Waals surface area contributed by atoms with E-state index >= 15 is 0 Å². The molecular weight excluding hydrogens is 216 g/mol. The van der Waals surface area contributed by atoms with Gasteiger partial charge < -0.3 is 14.5 Å². The lowest BCUT2D eigenvalue weighted by molar-refractivity contribution is 0.142. The van der Waals surface area contributed by atoms with Crippen molar-refractivity contribution in [3.8, 4) is 6.08 Å². The number of nitrogens with one attached hydrogen (secondary N) is 1. The lowest BCUT2D eigenvalue weighted by Gasteiger charge is -2.12. The molecule has 98 valence electrons. The van der Waals surface area contributed by atoms with Crippen LogP contribution in [0, 0.1) is 5.92 Å². The number of ether oxygens (including phenoxy) is 1. The van der Waals surface area contributed by atoms with E-state index in [1.807, 2.05) is 6.92 Å². The summed E-state index contributed by atoms with van der Waals surface area (Å²) >= 11 is 0. The molecule has 0 saturated heterocycles. The molecular formula is C13H24N2O2. The molecule has 0 spiro atoms. The Bertz CT molecular complexity index is 310. The van der Waals surface area contributed by atoms with Crippen molar-refractivity contribution in [1.82, 2.24) is 10.3 Å². The summed E-state index contributed by atoms with van der Waals surface area (Å²) in [6.45, 7) is 10.3. The predicted molar refractivity (Wildman–Crippen MR) is 68.0 cm³/mol. The van der Waals surface area contributed by atoms with Crippen molar-refractivity contribution in [2.75, 3.05) is 6.54 Å². The average Bonchev–Trinajstić information content (AvgIpc) is 2.64. The molecule has 1 N–H and O–H groups in total. The fourth-order valence-corrected chi connectivity index (χ4v) is 1.70. The van der Waals surface area contributed by atoms with Crippen LogP contribution in [0.5, 0.6) is 6.08 Å². The minimum atomic E-state index is 0.144. The molecule has 0 amide bonds. The van der Waals surface area contributed by atoms with Gasteiger partial charge in [0, 0.05) is 6.54 Å². The summed E-state index contributed by atoms with van der Waals surface area (Å²) in [5, 5.41) is 3.27. The number of aromatic nitrogens is 1. The van der Waals surface area contributed by atoms with Gasteiger partial charge >= 0.3 is 6.08 Å². The van der Waals surface area contributed by atoms with Gasteiger partial charge in [-0.05, 0) is 32.2 Å². The zero-order chi connectivity index (χ0) is 12.7. The Morgan fingerprint density at radius 2 is 2.18 bits per heavy atom. The van der Waals surface area contributed by atoms with Crippen LogP contribution in [0.1, 0.15) is 46.2 Å². The van der Waals surface area contributed by atoms with Crippen LogP contribution < -0.4 is 10.1 Å². The summed E-state index contributed by atoms with van der Waals surface area (Å²) in [7, 11) is 0. The predicted octanol–water partition coefficient (Wildman–Crippen LogP) is 2.99. The van der Waals surface area contributed by atoms with E-state index < -0.39 is 0 Å². The molecule has 17 heavy (non-hydrogen) atoms. The van der Waals surface area contributed by atoms with Gasteiger partial charge in [-0.2, -0.15) is 4.98 Å². The van der Waals surface area contributed by atoms with Gasteiger partial charge in [0.1, 0.15) is 12.4 Å². The molecule has 1 heterocycles. The van der Waals surface area contributed by atoms with Crippen molar-refractivity contribution in [2.45, 2.75) is 53.2 Å². The SMILES string of the molecule is CCCNCc1coc(OC(C)CC(C)C)n1. The molecule has 0 bridgehead atoms. The highest BCUT2D eigenvalue weighted by Gasteiger charge is 2.11. The molecule has 4 nitrogen and oxygen atoms in total. The largest absolute Gasteiger partial charge is 0.447 e. The number of rotatable bonds is 8. The van der Waals surface area contributed by atoms with Crippen LogP contribution in [0.3, 0.4) is 0 Å². The molecule has 0 aromatic carbocycles. The maximum atomic E-state index is 5.61. The van der Waals surface area contributed by atoms with Gasteiger partial charge in [0.2, 0.25) is 0 Å². The summed E-state index contributed by atoms with van der Waals surface area (Å²) in [6, 6.07) is 0. The number of hydrogen-bond acceptors (Lipinski definition) is 4. The first-order chi connectivity index (χ1) is 8.11. The fraction of sp³-hybridized carbons (Fsp3) is 0.769. The number of oxazole rings is 1. The first-order valence-electron chi connectivity index (χ1n) is 6.43. The van der Waals surface area contributed by atoms with Gasteiger partial charge in [-0.3, -0.25) is 0 Å². The van der Waals surface area contributed by atoms with E-state index in [1.54, 1.807) is 6.26 Å². The van der Waals surface area contributed by atoms with E-state index in [-0.39, 0.29) is 6.10 Å². The van der Waals surface area contributed by atoms with E-state index in [0.29, 0.717) is 12.0 Å². The van der Waals surface area contributed by atoms with Crippen molar-refractivity contribution in [3.05, 3.63) is 12.0 Å². The Morgan fingerprint density at radius 3 is 2.82 bits per heavy atom. The minimum absolute atomic E-state index is 0.144. The normalized spacial score (nSPS) is 13.0. The van der Waals surface area contributed by atoms with E-state index in [4.69, 9.17) is 9.15 Å². The van der Waals surface area contributed by atoms with Gasteiger partial charge in [-0.25, -0.2) is 0 Å². The third-order valence-electron chi connectivity index (χ3n) is 2.37. The third kappa shape index (κ3) is 5.73. The van der Waals surface area contributed by atoms with Gasteiger partial charge in [-0.15, -0.1) is 0 Å². The van der Waals surface area contributed by atoms with E-state index in [2.05, 4.69) is 31.1 Å². The smallest absolute Gasteiger partial charge is 0.393 e. The topological polar surface area (TPSA) is 47.3 Å². The molecule has 1 atom stereocenters. The molecule has 0 aliphatic carbocycles. The lowest BCUT2D eigenvalue weighted by Crippen LogP contribution is -2.15. The highest BCUT2D eigenvalue weighted by molar-refractivity contribution is 4.99. The average molecular weight is 240 g/mol. The Kier molecular flexibility index (Phi) is 6.05. The summed E-state index contributed by atoms with van der Waals surface area (Å²) in [5.74, 6) is 0.616. The molecule has 1 aromatic rings. The van der Waals surface area contributed by atoms with Crippen molar-refractivity contribution in [2.24, 2.45) is 5.92 Å².